The molecule has 39 heavy (non-hydrogen) atoms. The number of methoxy groups -OCH3 is 1. The van der Waals surface area contributed by atoms with Crippen molar-refractivity contribution in [3.8, 4) is 11.5 Å². The smallest absolute Gasteiger partial charge is 0.345 e. The number of rotatable bonds is 8. The van der Waals surface area contributed by atoms with Gasteiger partial charge in [-0.2, -0.15) is 5.10 Å². The van der Waals surface area contributed by atoms with Gasteiger partial charge in [0.15, 0.2) is 11.5 Å². The van der Waals surface area contributed by atoms with Gasteiger partial charge in [-0.25, -0.2) is 15.0 Å². The van der Waals surface area contributed by atoms with Gasteiger partial charge in [-0.15, -0.1) is 11.3 Å². The number of halogens is 1. The quantitative estimate of drug-likeness (QED) is 0.135. The normalized spacial score (nSPS) is 12.1. The van der Waals surface area contributed by atoms with Crippen LogP contribution in [0.1, 0.15) is 50.1 Å². The van der Waals surface area contributed by atoms with Crippen LogP contribution in [0.4, 0.5) is 5.00 Å². The molecule has 0 radical (unpaired) electrons. The first-order chi connectivity index (χ1) is 18.8. The van der Waals surface area contributed by atoms with Crippen molar-refractivity contribution in [2.24, 2.45) is 5.10 Å². The molecule has 0 bridgehead atoms. The van der Waals surface area contributed by atoms with Crippen LogP contribution in [-0.2, 0) is 27.2 Å². The molecule has 10 nitrogen and oxygen atoms in total. The van der Waals surface area contributed by atoms with Crippen molar-refractivity contribution in [1.82, 2.24) is 5.43 Å². The third kappa shape index (κ3) is 6.44. The molecular weight excluding hydrogens is 546 g/mol. The van der Waals surface area contributed by atoms with Crippen LogP contribution < -0.4 is 20.2 Å². The topological polar surface area (TPSA) is 132 Å². The van der Waals surface area contributed by atoms with E-state index in [4.69, 9.17) is 25.8 Å². The summed E-state index contributed by atoms with van der Waals surface area (Å²) in [5, 5.41) is 6.86. The van der Waals surface area contributed by atoms with Crippen molar-refractivity contribution in [3.05, 3.63) is 74.6 Å². The average Bonchev–Trinajstić information content (AvgIpc) is 3.50. The van der Waals surface area contributed by atoms with E-state index in [9.17, 15) is 19.2 Å². The minimum absolute atomic E-state index is 0.156. The van der Waals surface area contributed by atoms with Gasteiger partial charge in [-0.05, 0) is 67.6 Å². The number of fused-ring (bicyclic) bond motifs is 1. The first-order valence-electron chi connectivity index (χ1n) is 11.9. The van der Waals surface area contributed by atoms with E-state index in [-0.39, 0.29) is 33.7 Å². The highest BCUT2D eigenvalue weighted by Gasteiger charge is 2.29. The van der Waals surface area contributed by atoms with Crippen molar-refractivity contribution in [1.29, 1.82) is 0 Å². The summed E-state index contributed by atoms with van der Waals surface area (Å²) in [6, 6.07) is 11.1. The maximum atomic E-state index is 12.5. The number of benzene rings is 2. The van der Waals surface area contributed by atoms with Crippen molar-refractivity contribution in [3.63, 3.8) is 0 Å². The summed E-state index contributed by atoms with van der Waals surface area (Å²) in [5.74, 6) is -2.78. The molecule has 0 saturated carbocycles. The molecule has 0 aliphatic heterocycles. The number of amides is 2. The number of hydrogen-bond donors (Lipinski definition) is 2. The lowest BCUT2D eigenvalue weighted by Crippen LogP contribution is -2.32. The van der Waals surface area contributed by atoms with E-state index in [0.29, 0.717) is 17.5 Å². The average molecular weight is 570 g/mol. The number of ether oxygens (including phenoxy) is 3. The Kier molecular flexibility index (Phi) is 8.95. The number of nitrogens with zero attached hydrogens (tertiary/aromatic N) is 1. The zero-order valence-electron chi connectivity index (χ0n) is 21.0. The van der Waals surface area contributed by atoms with Crippen LogP contribution in [0.3, 0.4) is 0 Å². The molecule has 2 amide bonds. The van der Waals surface area contributed by atoms with Crippen LogP contribution in [0, 0.1) is 0 Å². The molecule has 0 unspecified atom stereocenters. The van der Waals surface area contributed by atoms with Crippen molar-refractivity contribution < 1.29 is 33.4 Å². The Morgan fingerprint density at radius 3 is 2.59 bits per heavy atom. The SMILES string of the molecule is CCOC(=O)c1c(NC(=O)C(=O)N/N=C/c2ccc(OC(=O)c3ccccc3Cl)c(OC)c2)sc2c1CCC2. The fraction of sp³-hybridized carbons (Fsp3) is 0.222. The second kappa shape index (κ2) is 12.5. The maximum Gasteiger partial charge on any atom is 0.345 e. The third-order valence-electron chi connectivity index (χ3n) is 5.70. The van der Waals surface area contributed by atoms with Crippen molar-refractivity contribution in [2.75, 3.05) is 19.0 Å². The molecule has 1 aliphatic carbocycles. The predicted molar refractivity (Wildman–Crippen MR) is 146 cm³/mol. The fourth-order valence-electron chi connectivity index (χ4n) is 3.92. The summed E-state index contributed by atoms with van der Waals surface area (Å²) in [6.45, 7) is 1.90. The zero-order valence-corrected chi connectivity index (χ0v) is 22.6. The van der Waals surface area contributed by atoms with E-state index >= 15 is 0 Å². The minimum Gasteiger partial charge on any atom is -0.493 e. The first-order valence-corrected chi connectivity index (χ1v) is 13.1. The van der Waals surface area contributed by atoms with Crippen LogP contribution in [0.25, 0.3) is 0 Å². The number of aryl methyl sites for hydroxylation is 1. The van der Waals surface area contributed by atoms with E-state index < -0.39 is 23.8 Å². The molecule has 4 rings (SSSR count). The summed E-state index contributed by atoms with van der Waals surface area (Å²) in [6.07, 6.45) is 3.73. The number of thiophene rings is 1. The molecule has 0 spiro atoms. The highest BCUT2D eigenvalue weighted by Crippen LogP contribution is 2.39. The number of carbonyl (C=O) groups excluding carboxylic acids is 4. The van der Waals surface area contributed by atoms with Crippen LogP contribution >= 0.6 is 22.9 Å². The second-order valence-electron chi connectivity index (χ2n) is 8.21. The number of nitrogens with one attached hydrogen (secondary N) is 2. The lowest BCUT2D eigenvalue weighted by atomic mass is 10.1. The Hall–Kier alpha value is -4.22. The molecular formula is C27H24ClN3O7S. The molecule has 1 aromatic heterocycles. The van der Waals surface area contributed by atoms with E-state index in [2.05, 4.69) is 15.8 Å². The molecule has 1 aliphatic rings. The Balaban J connectivity index is 1.39. The fourth-order valence-corrected chi connectivity index (χ4v) is 5.40. The Labute approximate surface area is 232 Å². The molecule has 12 heteroatoms. The molecule has 0 saturated heterocycles. The summed E-state index contributed by atoms with van der Waals surface area (Å²) in [4.78, 5) is 50.7. The van der Waals surface area contributed by atoms with Crippen LogP contribution in [0.5, 0.6) is 11.5 Å². The molecule has 0 fully saturated rings. The van der Waals surface area contributed by atoms with E-state index in [0.717, 1.165) is 23.3 Å². The molecule has 2 N–H and O–H groups in total. The van der Waals surface area contributed by atoms with Gasteiger partial charge in [-0.1, -0.05) is 23.7 Å². The largest absolute Gasteiger partial charge is 0.493 e. The van der Waals surface area contributed by atoms with Gasteiger partial charge in [0, 0.05) is 4.88 Å². The number of hydrazone groups is 1. The minimum atomic E-state index is -1.02. The number of esters is 2. The molecule has 202 valence electrons. The molecule has 2 aromatic carbocycles. The van der Waals surface area contributed by atoms with Gasteiger partial charge in [0.05, 0.1) is 36.1 Å². The Morgan fingerprint density at radius 1 is 1.05 bits per heavy atom. The Morgan fingerprint density at radius 2 is 1.85 bits per heavy atom. The van der Waals surface area contributed by atoms with Crippen molar-refractivity contribution in [2.45, 2.75) is 26.2 Å². The van der Waals surface area contributed by atoms with Crippen molar-refractivity contribution >= 4 is 57.9 Å². The second-order valence-corrected chi connectivity index (χ2v) is 9.73. The van der Waals surface area contributed by atoms with Crippen LogP contribution in [-0.4, -0.2) is 43.7 Å². The highest BCUT2D eigenvalue weighted by molar-refractivity contribution is 7.17. The summed E-state index contributed by atoms with van der Waals surface area (Å²) in [7, 11) is 1.40. The lowest BCUT2D eigenvalue weighted by Gasteiger charge is -2.10. The summed E-state index contributed by atoms with van der Waals surface area (Å²) in [5.41, 5.74) is 4.02. The number of carbonyl (C=O) groups is 4. The zero-order chi connectivity index (χ0) is 27.9. The van der Waals surface area contributed by atoms with Gasteiger partial charge in [-0.3, -0.25) is 9.59 Å². The summed E-state index contributed by atoms with van der Waals surface area (Å²) < 4.78 is 15.8. The Bertz CT molecular complexity index is 1470. The first kappa shape index (κ1) is 27.8. The van der Waals surface area contributed by atoms with Gasteiger partial charge in [0.1, 0.15) is 5.00 Å². The third-order valence-corrected chi connectivity index (χ3v) is 7.23. The molecule has 0 atom stereocenters. The van der Waals surface area contributed by atoms with E-state index in [1.807, 2.05) is 0 Å². The molecule has 3 aromatic rings. The van der Waals surface area contributed by atoms with Gasteiger partial charge in [0.25, 0.3) is 0 Å². The highest BCUT2D eigenvalue weighted by atomic mass is 35.5. The maximum absolute atomic E-state index is 12.5. The van der Waals surface area contributed by atoms with Gasteiger partial charge >= 0.3 is 23.8 Å². The standard InChI is InChI=1S/C27H24ClN3O7S/c1-3-37-27(35)22-17-8-6-10-21(17)39-25(22)30-23(32)24(33)31-29-14-15-11-12-19(20(13-15)36-2)38-26(34)16-7-4-5-9-18(16)28/h4-5,7,9,11-14H,3,6,8,10H2,1-2H3,(H,30,32)(H,31,33)/b29-14+. The van der Waals surface area contributed by atoms with E-state index in [1.54, 1.807) is 37.3 Å². The van der Waals surface area contributed by atoms with Crippen LogP contribution in [0.15, 0.2) is 47.6 Å². The van der Waals surface area contributed by atoms with Gasteiger partial charge < -0.3 is 19.5 Å². The number of anilines is 1. The monoisotopic (exact) mass is 569 g/mol. The predicted octanol–water partition coefficient (Wildman–Crippen LogP) is 4.38. The number of hydrogen-bond acceptors (Lipinski definition) is 9. The van der Waals surface area contributed by atoms with Gasteiger partial charge in [0.2, 0.25) is 0 Å². The molecule has 1 heterocycles. The van der Waals surface area contributed by atoms with E-state index in [1.165, 1.54) is 36.8 Å². The van der Waals surface area contributed by atoms with Crippen LogP contribution in [0.2, 0.25) is 5.02 Å². The lowest BCUT2D eigenvalue weighted by molar-refractivity contribution is -0.136. The summed E-state index contributed by atoms with van der Waals surface area (Å²) >= 11 is 7.32.